The van der Waals surface area contributed by atoms with E-state index in [4.69, 9.17) is 26.4 Å². The highest BCUT2D eigenvalue weighted by Crippen LogP contribution is 2.36. The molecular formula is C23H22I4N2O5. The molecule has 0 aromatic heterocycles. The molecule has 0 aliphatic rings. The normalized spacial score (nSPS) is 11.4. The Bertz CT molecular complexity index is 1100. The van der Waals surface area contributed by atoms with Gasteiger partial charge in [0.2, 0.25) is 0 Å². The summed E-state index contributed by atoms with van der Waals surface area (Å²) in [6.45, 7) is 0.658. The smallest absolute Gasteiger partial charge is 0.320 e. The number of halogens is 4. The number of rotatable bonds is 7. The third kappa shape index (κ3) is 9.11. The van der Waals surface area contributed by atoms with Gasteiger partial charge < -0.3 is 31.5 Å². The van der Waals surface area contributed by atoms with Crippen LogP contribution in [0.4, 0.5) is 0 Å². The van der Waals surface area contributed by atoms with Gasteiger partial charge in [0.05, 0.1) is 14.3 Å². The van der Waals surface area contributed by atoms with Gasteiger partial charge in [0.15, 0.2) is 5.75 Å². The van der Waals surface area contributed by atoms with Crippen molar-refractivity contribution in [3.63, 3.8) is 0 Å². The maximum Gasteiger partial charge on any atom is 0.320 e. The summed E-state index contributed by atoms with van der Waals surface area (Å²) in [6.07, 6.45) is 1.14. The molecule has 0 bridgehead atoms. The molecule has 0 unspecified atom stereocenters. The Morgan fingerprint density at radius 2 is 1.41 bits per heavy atom. The summed E-state index contributed by atoms with van der Waals surface area (Å²) in [5.41, 5.74) is 12.9. The molecule has 34 heavy (non-hydrogen) atoms. The fourth-order valence-electron chi connectivity index (χ4n) is 2.72. The lowest BCUT2D eigenvalue weighted by atomic mass is 10.1. The van der Waals surface area contributed by atoms with Crippen LogP contribution < -0.4 is 16.2 Å². The molecule has 0 radical (unpaired) electrons. The van der Waals surface area contributed by atoms with Gasteiger partial charge in [-0.1, -0.05) is 12.1 Å². The summed E-state index contributed by atoms with van der Waals surface area (Å²) in [7, 11) is 0. The summed E-state index contributed by atoms with van der Waals surface area (Å²) < 4.78 is 9.14. The van der Waals surface area contributed by atoms with Gasteiger partial charge >= 0.3 is 5.97 Å². The Morgan fingerprint density at radius 1 is 0.882 bits per heavy atom. The largest absolute Gasteiger partial charge is 0.508 e. The summed E-state index contributed by atoms with van der Waals surface area (Å²) >= 11 is 8.42. The number of benzene rings is 3. The van der Waals surface area contributed by atoms with E-state index in [0.29, 0.717) is 30.9 Å². The number of carbonyl (C=O) groups is 1. The van der Waals surface area contributed by atoms with Crippen molar-refractivity contribution in [1.29, 1.82) is 0 Å². The second-order valence-corrected chi connectivity index (χ2v) is 11.7. The summed E-state index contributed by atoms with van der Waals surface area (Å²) in [6, 6.07) is 13.4. The van der Waals surface area contributed by atoms with Crippen molar-refractivity contribution in [1.82, 2.24) is 0 Å². The Balaban J connectivity index is 0.000000340. The Labute approximate surface area is 252 Å². The minimum absolute atomic E-state index is 0.242. The molecule has 3 rings (SSSR count). The number of carboxylic acids is 1. The van der Waals surface area contributed by atoms with Gasteiger partial charge in [0, 0.05) is 0 Å². The number of nitrogens with two attached hydrogens (primary N) is 2. The topological polar surface area (TPSA) is 139 Å². The van der Waals surface area contributed by atoms with Crippen LogP contribution in [0.1, 0.15) is 11.1 Å². The highest BCUT2D eigenvalue weighted by atomic mass is 127. The quantitative estimate of drug-likeness (QED) is 0.199. The number of hydrogen-bond donors (Lipinski definition) is 5. The molecule has 0 saturated carbocycles. The highest BCUT2D eigenvalue weighted by Gasteiger charge is 2.16. The van der Waals surface area contributed by atoms with E-state index in [9.17, 15) is 9.90 Å². The fraction of sp³-hybridized carbons (Fsp3) is 0.174. The van der Waals surface area contributed by atoms with E-state index in [1.807, 2.05) is 24.3 Å². The summed E-state index contributed by atoms with van der Waals surface area (Å²) in [5, 5.41) is 27.7. The first kappa shape index (κ1) is 29.6. The molecule has 0 aliphatic carbocycles. The first-order valence-electron chi connectivity index (χ1n) is 9.82. The first-order chi connectivity index (χ1) is 16.0. The Hall–Kier alpha value is -0.630. The lowest BCUT2D eigenvalue weighted by Gasteiger charge is -2.14. The molecule has 0 fully saturated rings. The van der Waals surface area contributed by atoms with Crippen LogP contribution in [-0.2, 0) is 17.6 Å². The maximum absolute atomic E-state index is 10.9. The molecule has 0 aliphatic heterocycles. The van der Waals surface area contributed by atoms with E-state index in [2.05, 4.69) is 90.4 Å². The maximum atomic E-state index is 10.9. The predicted molar refractivity (Wildman–Crippen MR) is 166 cm³/mol. The van der Waals surface area contributed by atoms with Gasteiger partial charge in [0.1, 0.15) is 23.3 Å². The van der Waals surface area contributed by atoms with Gasteiger partial charge in [-0.15, -0.1) is 0 Å². The second kappa shape index (κ2) is 14.2. The third-order valence-electron chi connectivity index (χ3n) is 4.41. The van der Waals surface area contributed by atoms with E-state index < -0.39 is 12.0 Å². The molecule has 0 amide bonds. The lowest BCUT2D eigenvalue weighted by molar-refractivity contribution is -0.138. The average Bonchev–Trinajstić information content (AvgIpc) is 2.76. The van der Waals surface area contributed by atoms with Crippen LogP contribution in [-0.4, -0.2) is 33.9 Å². The van der Waals surface area contributed by atoms with E-state index in [-0.39, 0.29) is 12.2 Å². The van der Waals surface area contributed by atoms with Gasteiger partial charge in [-0.2, -0.15) is 0 Å². The van der Waals surface area contributed by atoms with Crippen LogP contribution in [0, 0.1) is 14.3 Å². The molecular weight excluding hydrogens is 892 g/mol. The van der Waals surface area contributed by atoms with Crippen LogP contribution in [0.3, 0.4) is 0 Å². The molecule has 3 aromatic carbocycles. The molecule has 3 aromatic rings. The first-order valence-corrected chi connectivity index (χ1v) is 14.1. The van der Waals surface area contributed by atoms with E-state index in [1.165, 1.54) is 5.56 Å². The van der Waals surface area contributed by atoms with Crippen molar-refractivity contribution in [2.45, 2.75) is 18.9 Å². The average molecular weight is 914 g/mol. The standard InChI is InChI=1S/C15H11I4NO4.C8H11NO/c16-8-4-7(5-9(17)13(8)21)24-14-10(18)1-6(2-11(14)19)3-12(20)15(22)23;9-6-5-7-1-3-8(10)4-2-7/h1-2,4-5,12,21H,3,20H2,(H,22,23);1-4,10H,5-6,9H2/t12-;/m0./s1. The van der Waals surface area contributed by atoms with Crippen molar-refractivity contribution < 1.29 is 24.9 Å². The molecule has 1 atom stereocenters. The van der Waals surface area contributed by atoms with E-state index >= 15 is 0 Å². The van der Waals surface area contributed by atoms with Gasteiger partial charge in [0.25, 0.3) is 0 Å². The van der Waals surface area contributed by atoms with Gasteiger partial charge in [-0.3, -0.25) is 4.79 Å². The number of aliphatic carboxylic acids is 1. The number of phenols is 2. The van der Waals surface area contributed by atoms with Crippen LogP contribution in [0.2, 0.25) is 0 Å². The molecule has 0 heterocycles. The number of ether oxygens (including phenoxy) is 1. The van der Waals surface area contributed by atoms with Gasteiger partial charge in [-0.25, -0.2) is 0 Å². The molecule has 7 nitrogen and oxygen atoms in total. The lowest BCUT2D eigenvalue weighted by Crippen LogP contribution is -2.32. The zero-order valence-electron chi connectivity index (χ0n) is 17.6. The minimum atomic E-state index is -1.02. The Morgan fingerprint density at radius 3 is 1.88 bits per heavy atom. The van der Waals surface area contributed by atoms with Crippen LogP contribution in [0.5, 0.6) is 23.0 Å². The molecule has 0 spiro atoms. The molecule has 0 saturated heterocycles. The van der Waals surface area contributed by atoms with Crippen molar-refractivity contribution >= 4 is 96.3 Å². The summed E-state index contributed by atoms with van der Waals surface area (Å²) in [5.74, 6) is 0.855. The zero-order valence-corrected chi connectivity index (χ0v) is 26.3. The van der Waals surface area contributed by atoms with Crippen LogP contribution in [0.15, 0.2) is 48.5 Å². The van der Waals surface area contributed by atoms with Crippen LogP contribution >= 0.6 is 90.4 Å². The minimum Gasteiger partial charge on any atom is -0.508 e. The van der Waals surface area contributed by atoms with Crippen molar-refractivity contribution in [2.24, 2.45) is 11.5 Å². The van der Waals surface area contributed by atoms with Crippen molar-refractivity contribution in [2.75, 3.05) is 6.54 Å². The van der Waals surface area contributed by atoms with Crippen molar-refractivity contribution in [3.05, 3.63) is 73.9 Å². The number of aromatic hydroxyl groups is 2. The number of hydrogen-bond acceptors (Lipinski definition) is 6. The van der Waals surface area contributed by atoms with Crippen LogP contribution in [0.25, 0.3) is 0 Å². The number of carboxylic acid groups (broad SMARTS) is 1. The highest BCUT2D eigenvalue weighted by molar-refractivity contribution is 14.1. The van der Waals surface area contributed by atoms with E-state index in [1.54, 1.807) is 24.3 Å². The molecule has 182 valence electrons. The fourth-order valence-corrected chi connectivity index (χ4v) is 6.55. The Kier molecular flexibility index (Phi) is 12.4. The molecule has 11 heteroatoms. The SMILES string of the molecule is NCCc1ccc(O)cc1.N[C@@H](Cc1cc(I)c(Oc2cc(I)c(O)c(I)c2)c(I)c1)C(=O)O. The van der Waals surface area contributed by atoms with E-state index in [0.717, 1.165) is 19.1 Å². The summed E-state index contributed by atoms with van der Waals surface area (Å²) in [4.78, 5) is 10.9. The third-order valence-corrected chi connectivity index (χ3v) is 7.66. The van der Waals surface area contributed by atoms with Crippen molar-refractivity contribution in [3.8, 4) is 23.0 Å². The second-order valence-electron chi connectivity index (χ2n) is 7.08. The molecule has 7 N–H and O–H groups in total. The number of phenolic OH excluding ortho intramolecular Hbond substituents is 2. The predicted octanol–water partition coefficient (Wildman–Crippen LogP) is 5.45. The zero-order chi connectivity index (χ0) is 25.4. The van der Waals surface area contributed by atoms with Gasteiger partial charge in [-0.05, 0) is 157 Å². The monoisotopic (exact) mass is 914 g/mol.